The molecule has 0 saturated carbocycles. The summed E-state index contributed by atoms with van der Waals surface area (Å²) in [5, 5.41) is 0. The van der Waals surface area contributed by atoms with E-state index in [0.717, 1.165) is 37.6 Å². The molecule has 0 fully saturated rings. The van der Waals surface area contributed by atoms with Crippen LogP contribution in [-0.2, 0) is 9.16 Å². The molecule has 0 aliphatic heterocycles. The summed E-state index contributed by atoms with van der Waals surface area (Å²) in [7, 11) is 0. The standard InChI is InChI=1S/C12H21O2/c1-5-13-10-7-11(14-6-2)9-12(3,4)8-10/h7H,5-6,8-9H2,1-4H3/q+1. The molecule has 0 aromatic heterocycles. The second-order valence-corrected chi connectivity index (χ2v) is 4.46. The topological polar surface area (TPSA) is 20.5 Å². The third-order valence-electron chi connectivity index (χ3n) is 2.29. The van der Waals surface area contributed by atoms with Crippen molar-refractivity contribution >= 4 is 5.78 Å². The first-order valence-corrected chi connectivity index (χ1v) is 5.39. The van der Waals surface area contributed by atoms with E-state index in [0.29, 0.717) is 0 Å². The van der Waals surface area contributed by atoms with Crippen molar-refractivity contribution in [1.29, 1.82) is 0 Å². The first-order chi connectivity index (χ1) is 6.57. The number of ether oxygens (including phenoxy) is 1. The van der Waals surface area contributed by atoms with Gasteiger partial charge in [0.25, 0.3) is 6.61 Å². The molecule has 1 aliphatic carbocycles. The van der Waals surface area contributed by atoms with Crippen molar-refractivity contribution in [2.24, 2.45) is 5.41 Å². The van der Waals surface area contributed by atoms with Crippen LogP contribution in [0, 0.1) is 5.41 Å². The van der Waals surface area contributed by atoms with Crippen molar-refractivity contribution in [3.63, 3.8) is 0 Å². The fraction of sp³-hybridized carbons (Fsp3) is 0.750. The second-order valence-electron chi connectivity index (χ2n) is 4.46. The molecule has 0 aromatic carbocycles. The lowest BCUT2D eigenvalue weighted by atomic mass is 9.79. The van der Waals surface area contributed by atoms with Gasteiger partial charge in [0, 0.05) is 13.3 Å². The van der Waals surface area contributed by atoms with Gasteiger partial charge in [-0.3, -0.25) is 4.42 Å². The maximum Gasteiger partial charge on any atom is 0.323 e. The zero-order valence-corrected chi connectivity index (χ0v) is 9.72. The van der Waals surface area contributed by atoms with Crippen LogP contribution in [0.3, 0.4) is 0 Å². The van der Waals surface area contributed by atoms with Gasteiger partial charge in [-0.25, -0.2) is 0 Å². The summed E-state index contributed by atoms with van der Waals surface area (Å²) in [6, 6.07) is 0. The summed E-state index contributed by atoms with van der Waals surface area (Å²) in [5.41, 5.74) is 0.268. The molecule has 2 heteroatoms. The van der Waals surface area contributed by atoms with Gasteiger partial charge >= 0.3 is 5.78 Å². The lowest BCUT2D eigenvalue weighted by Crippen LogP contribution is -2.24. The Bertz CT molecular complexity index is 249. The summed E-state index contributed by atoms with van der Waals surface area (Å²) in [6.45, 7) is 10.0. The van der Waals surface area contributed by atoms with Crippen molar-refractivity contribution < 1.29 is 9.16 Å². The minimum Gasteiger partial charge on any atom is -0.498 e. The zero-order chi connectivity index (χ0) is 10.6. The smallest absolute Gasteiger partial charge is 0.323 e. The molecular weight excluding hydrogens is 176 g/mol. The Hall–Kier alpha value is -0.790. The summed E-state index contributed by atoms with van der Waals surface area (Å²) >= 11 is 0. The Kier molecular flexibility index (Phi) is 3.73. The third-order valence-corrected chi connectivity index (χ3v) is 2.29. The Morgan fingerprint density at radius 1 is 1.36 bits per heavy atom. The molecule has 2 nitrogen and oxygen atoms in total. The Labute approximate surface area is 86.7 Å². The first kappa shape index (κ1) is 11.3. The van der Waals surface area contributed by atoms with E-state index in [1.807, 2.05) is 13.8 Å². The van der Waals surface area contributed by atoms with Crippen LogP contribution in [0.25, 0.3) is 0 Å². The number of rotatable bonds is 3. The minimum atomic E-state index is 0.268. The van der Waals surface area contributed by atoms with E-state index in [-0.39, 0.29) is 5.41 Å². The molecule has 0 aromatic rings. The van der Waals surface area contributed by atoms with Crippen LogP contribution in [0.15, 0.2) is 11.8 Å². The van der Waals surface area contributed by atoms with E-state index in [9.17, 15) is 0 Å². The fourth-order valence-electron chi connectivity index (χ4n) is 1.84. The summed E-state index contributed by atoms with van der Waals surface area (Å²) in [4.78, 5) is 0. The Morgan fingerprint density at radius 3 is 2.64 bits per heavy atom. The summed E-state index contributed by atoms with van der Waals surface area (Å²) in [6.07, 6.45) is 4.08. The SMILES string of the molecule is CCOC1=CC(=[O+]CC)CC(C)(C)C1. The molecule has 80 valence electrons. The van der Waals surface area contributed by atoms with Crippen LogP contribution in [-0.4, -0.2) is 19.0 Å². The van der Waals surface area contributed by atoms with Gasteiger partial charge in [0.2, 0.25) is 0 Å². The van der Waals surface area contributed by atoms with Crippen molar-refractivity contribution in [2.45, 2.75) is 40.5 Å². The molecule has 0 radical (unpaired) electrons. The number of ketones is 1. The highest BCUT2D eigenvalue weighted by Crippen LogP contribution is 2.34. The van der Waals surface area contributed by atoms with Crippen LogP contribution in [0.4, 0.5) is 0 Å². The van der Waals surface area contributed by atoms with Crippen molar-refractivity contribution in [2.75, 3.05) is 13.2 Å². The van der Waals surface area contributed by atoms with Crippen LogP contribution in [0.2, 0.25) is 0 Å². The lowest BCUT2D eigenvalue weighted by molar-refractivity contribution is -0.453. The largest absolute Gasteiger partial charge is 0.498 e. The van der Waals surface area contributed by atoms with E-state index in [1.54, 1.807) is 0 Å². The zero-order valence-electron chi connectivity index (χ0n) is 9.72. The molecule has 0 N–H and O–H groups in total. The molecule has 1 aliphatic rings. The van der Waals surface area contributed by atoms with E-state index < -0.39 is 0 Å². The highest BCUT2D eigenvalue weighted by Gasteiger charge is 2.32. The maximum atomic E-state index is 5.56. The van der Waals surface area contributed by atoms with Gasteiger partial charge in [0.05, 0.1) is 19.1 Å². The number of hydrogen-bond donors (Lipinski definition) is 0. The molecule has 0 amide bonds. The maximum absolute atomic E-state index is 5.56. The van der Waals surface area contributed by atoms with Gasteiger partial charge in [-0.1, -0.05) is 13.8 Å². The van der Waals surface area contributed by atoms with E-state index in [1.165, 1.54) is 0 Å². The van der Waals surface area contributed by atoms with Gasteiger partial charge in [0.15, 0.2) is 0 Å². The second kappa shape index (κ2) is 4.63. The van der Waals surface area contributed by atoms with Gasteiger partial charge < -0.3 is 4.74 Å². The number of allylic oxidation sites excluding steroid dienone is 2. The summed E-state index contributed by atoms with van der Waals surface area (Å²) in [5.74, 6) is 2.12. The van der Waals surface area contributed by atoms with Crippen molar-refractivity contribution in [3.05, 3.63) is 11.8 Å². The molecular formula is C12H21O2+. The monoisotopic (exact) mass is 197 g/mol. The van der Waals surface area contributed by atoms with Crippen LogP contribution >= 0.6 is 0 Å². The molecule has 14 heavy (non-hydrogen) atoms. The van der Waals surface area contributed by atoms with Gasteiger partial charge in [-0.05, 0) is 12.3 Å². The van der Waals surface area contributed by atoms with E-state index in [2.05, 4.69) is 19.9 Å². The quantitative estimate of drug-likeness (QED) is 0.637. The summed E-state index contributed by atoms with van der Waals surface area (Å²) < 4.78 is 11.1. The Morgan fingerprint density at radius 2 is 2.07 bits per heavy atom. The predicted octanol–water partition coefficient (Wildman–Crippen LogP) is 2.85. The molecule has 0 unspecified atom stereocenters. The predicted molar refractivity (Wildman–Crippen MR) is 58.3 cm³/mol. The number of carbonyl (C=O) groups excluding carboxylic acids is 1. The molecule has 0 spiro atoms. The van der Waals surface area contributed by atoms with Crippen molar-refractivity contribution in [1.82, 2.24) is 0 Å². The molecule has 0 heterocycles. The molecule has 0 bridgehead atoms. The average Bonchev–Trinajstić information content (AvgIpc) is 2.01. The van der Waals surface area contributed by atoms with Crippen LogP contribution in [0.5, 0.6) is 0 Å². The van der Waals surface area contributed by atoms with E-state index in [4.69, 9.17) is 9.16 Å². The lowest BCUT2D eigenvalue weighted by Gasteiger charge is -2.26. The molecule has 0 saturated heterocycles. The van der Waals surface area contributed by atoms with E-state index >= 15 is 0 Å². The highest BCUT2D eigenvalue weighted by molar-refractivity contribution is 5.91. The van der Waals surface area contributed by atoms with Crippen molar-refractivity contribution in [3.8, 4) is 0 Å². The van der Waals surface area contributed by atoms with Gasteiger partial charge in [-0.15, -0.1) is 0 Å². The normalized spacial score (nSPS) is 23.4. The molecule has 0 atom stereocenters. The van der Waals surface area contributed by atoms with Gasteiger partial charge in [0.1, 0.15) is 5.76 Å². The average molecular weight is 197 g/mol. The highest BCUT2D eigenvalue weighted by atomic mass is 16.5. The first-order valence-electron chi connectivity index (χ1n) is 5.39. The van der Waals surface area contributed by atoms with Gasteiger partial charge in [-0.2, -0.15) is 0 Å². The third kappa shape index (κ3) is 3.17. The van der Waals surface area contributed by atoms with Crippen LogP contribution in [0.1, 0.15) is 40.5 Å². The number of hydrogen-bond acceptors (Lipinski definition) is 1. The Balaban J connectivity index is 2.80. The fourth-order valence-corrected chi connectivity index (χ4v) is 1.84. The molecule has 1 rings (SSSR count). The minimum absolute atomic E-state index is 0.268. The van der Waals surface area contributed by atoms with Crippen LogP contribution < -0.4 is 0 Å².